The molecule has 2 N–H and O–H groups in total. The van der Waals surface area contributed by atoms with Crippen molar-refractivity contribution in [2.24, 2.45) is 10.7 Å². The van der Waals surface area contributed by atoms with Crippen LogP contribution in [0.15, 0.2) is 35.3 Å². The zero-order valence-corrected chi connectivity index (χ0v) is 16.1. The Balaban J connectivity index is 0.00000242. The Bertz CT molecular complexity index is 445. The average Bonchev–Trinajstić information content (AvgIpc) is 2.94. The monoisotopic (exact) mass is 416 g/mol. The molecule has 1 fully saturated rings. The van der Waals surface area contributed by atoms with Gasteiger partial charge in [0.25, 0.3) is 0 Å². The van der Waals surface area contributed by atoms with Crippen molar-refractivity contribution in [2.75, 3.05) is 26.2 Å². The van der Waals surface area contributed by atoms with Crippen molar-refractivity contribution in [3.63, 3.8) is 0 Å². The maximum absolute atomic E-state index is 6.07. The van der Waals surface area contributed by atoms with E-state index in [0.29, 0.717) is 12.0 Å². The lowest BCUT2D eigenvalue weighted by atomic mass is 10.2. The van der Waals surface area contributed by atoms with Gasteiger partial charge in [0.1, 0.15) is 0 Å². The van der Waals surface area contributed by atoms with Crippen LogP contribution in [0.4, 0.5) is 0 Å². The number of guanidine groups is 1. The van der Waals surface area contributed by atoms with Crippen molar-refractivity contribution < 1.29 is 0 Å². The Morgan fingerprint density at radius 1 is 1.27 bits per heavy atom. The first-order valence-corrected chi connectivity index (χ1v) is 8.07. The van der Waals surface area contributed by atoms with E-state index in [9.17, 15) is 0 Å². The van der Waals surface area contributed by atoms with E-state index < -0.39 is 0 Å². The highest BCUT2D eigenvalue weighted by Crippen LogP contribution is 2.20. The maximum Gasteiger partial charge on any atom is 0.191 e. The third-order valence-electron chi connectivity index (χ3n) is 4.28. The summed E-state index contributed by atoms with van der Waals surface area (Å²) in [5, 5.41) is 0. The zero-order valence-electron chi connectivity index (χ0n) is 13.7. The SMILES string of the molecule is CCN(CC)C(N)=NCC1CCCN1Cc1ccccc1.I. The lowest BCUT2D eigenvalue weighted by Crippen LogP contribution is -2.38. The average molecular weight is 416 g/mol. The number of rotatable bonds is 6. The second-order valence-electron chi connectivity index (χ2n) is 5.62. The molecule has 1 aromatic carbocycles. The lowest BCUT2D eigenvalue weighted by Gasteiger charge is -2.24. The smallest absolute Gasteiger partial charge is 0.191 e. The van der Waals surface area contributed by atoms with Gasteiger partial charge in [0.2, 0.25) is 0 Å². The minimum Gasteiger partial charge on any atom is -0.370 e. The van der Waals surface area contributed by atoms with Gasteiger partial charge in [-0.2, -0.15) is 0 Å². The highest BCUT2D eigenvalue weighted by atomic mass is 127. The van der Waals surface area contributed by atoms with Crippen LogP contribution >= 0.6 is 24.0 Å². The van der Waals surface area contributed by atoms with Crippen LogP contribution in [0.3, 0.4) is 0 Å². The van der Waals surface area contributed by atoms with Gasteiger partial charge in [-0.15, -0.1) is 24.0 Å². The number of hydrogen-bond donors (Lipinski definition) is 1. The maximum atomic E-state index is 6.07. The molecule has 22 heavy (non-hydrogen) atoms. The second-order valence-corrected chi connectivity index (χ2v) is 5.62. The molecule has 124 valence electrons. The van der Waals surface area contributed by atoms with Crippen LogP contribution in [0.25, 0.3) is 0 Å². The third-order valence-corrected chi connectivity index (χ3v) is 4.28. The summed E-state index contributed by atoms with van der Waals surface area (Å²) < 4.78 is 0. The molecule has 1 unspecified atom stereocenters. The topological polar surface area (TPSA) is 44.9 Å². The number of nitrogens with two attached hydrogens (primary N) is 1. The van der Waals surface area contributed by atoms with Crippen LogP contribution in [0.5, 0.6) is 0 Å². The summed E-state index contributed by atoms with van der Waals surface area (Å²) in [6, 6.07) is 11.2. The molecule has 2 rings (SSSR count). The van der Waals surface area contributed by atoms with E-state index in [1.54, 1.807) is 0 Å². The molecule has 1 atom stereocenters. The minimum atomic E-state index is 0. The van der Waals surface area contributed by atoms with Crippen molar-refractivity contribution in [1.82, 2.24) is 9.80 Å². The first-order valence-electron chi connectivity index (χ1n) is 8.07. The number of benzene rings is 1. The highest BCUT2D eigenvalue weighted by molar-refractivity contribution is 14.0. The van der Waals surface area contributed by atoms with E-state index in [2.05, 4.69) is 59.0 Å². The summed E-state index contributed by atoms with van der Waals surface area (Å²) >= 11 is 0. The fraction of sp³-hybridized carbons (Fsp3) is 0.588. The van der Waals surface area contributed by atoms with Crippen molar-refractivity contribution in [1.29, 1.82) is 0 Å². The van der Waals surface area contributed by atoms with Crippen molar-refractivity contribution in [3.8, 4) is 0 Å². The van der Waals surface area contributed by atoms with Gasteiger partial charge in [-0.1, -0.05) is 30.3 Å². The number of aliphatic imine (C=N–C) groups is 1. The number of halogens is 1. The molecule has 0 radical (unpaired) electrons. The van der Waals surface area contributed by atoms with Gasteiger partial charge in [-0.05, 0) is 38.8 Å². The van der Waals surface area contributed by atoms with Gasteiger partial charge in [0.05, 0.1) is 6.54 Å². The normalized spacial score (nSPS) is 19.0. The fourth-order valence-electron chi connectivity index (χ4n) is 2.97. The van der Waals surface area contributed by atoms with E-state index in [-0.39, 0.29) is 24.0 Å². The summed E-state index contributed by atoms with van der Waals surface area (Å²) in [5.74, 6) is 0.687. The lowest BCUT2D eigenvalue weighted by molar-refractivity contribution is 0.250. The number of likely N-dealkylation sites (tertiary alicyclic amines) is 1. The summed E-state index contributed by atoms with van der Waals surface area (Å²) in [5.41, 5.74) is 7.45. The molecule has 0 aromatic heterocycles. The van der Waals surface area contributed by atoms with Gasteiger partial charge < -0.3 is 10.6 Å². The number of nitrogens with zero attached hydrogens (tertiary/aromatic N) is 3. The molecule has 0 aliphatic carbocycles. The molecule has 1 saturated heterocycles. The van der Waals surface area contributed by atoms with Crippen LogP contribution in [0, 0.1) is 0 Å². The molecule has 0 spiro atoms. The molecule has 1 heterocycles. The van der Waals surface area contributed by atoms with Crippen molar-refractivity contribution >= 4 is 29.9 Å². The molecule has 1 aliphatic rings. The van der Waals surface area contributed by atoms with Crippen LogP contribution in [0.2, 0.25) is 0 Å². The van der Waals surface area contributed by atoms with Gasteiger partial charge in [0, 0.05) is 25.7 Å². The highest BCUT2D eigenvalue weighted by Gasteiger charge is 2.24. The van der Waals surface area contributed by atoms with Crippen LogP contribution in [-0.4, -0.2) is 48.0 Å². The molecule has 0 amide bonds. The molecular weight excluding hydrogens is 387 g/mol. The van der Waals surface area contributed by atoms with Gasteiger partial charge in [0.15, 0.2) is 5.96 Å². The molecule has 4 nitrogen and oxygen atoms in total. The predicted molar refractivity (Wildman–Crippen MR) is 105 cm³/mol. The Labute approximate surface area is 151 Å². The predicted octanol–water partition coefficient (Wildman–Crippen LogP) is 2.93. The second kappa shape index (κ2) is 10.0. The summed E-state index contributed by atoms with van der Waals surface area (Å²) in [6.07, 6.45) is 2.49. The Kier molecular flexibility index (Phi) is 8.78. The Morgan fingerprint density at radius 2 is 1.95 bits per heavy atom. The molecule has 0 bridgehead atoms. The molecular formula is C17H29IN4. The van der Waals surface area contributed by atoms with E-state index in [1.807, 2.05) is 0 Å². The quantitative estimate of drug-likeness (QED) is 0.441. The minimum absolute atomic E-state index is 0. The van der Waals surface area contributed by atoms with Gasteiger partial charge in [-0.25, -0.2) is 0 Å². The van der Waals surface area contributed by atoms with E-state index in [4.69, 9.17) is 5.73 Å². The van der Waals surface area contributed by atoms with E-state index in [0.717, 1.165) is 26.2 Å². The van der Waals surface area contributed by atoms with Gasteiger partial charge in [-0.3, -0.25) is 9.89 Å². The Morgan fingerprint density at radius 3 is 2.59 bits per heavy atom. The molecule has 0 saturated carbocycles. The van der Waals surface area contributed by atoms with Crippen molar-refractivity contribution in [3.05, 3.63) is 35.9 Å². The van der Waals surface area contributed by atoms with Crippen LogP contribution in [0.1, 0.15) is 32.3 Å². The first kappa shape index (κ1) is 19.2. The molecule has 1 aromatic rings. The molecule has 5 heteroatoms. The fourth-order valence-corrected chi connectivity index (χ4v) is 2.97. The summed E-state index contributed by atoms with van der Waals surface area (Å²) in [7, 11) is 0. The standard InChI is InChI=1S/C17H28N4.HI/c1-3-20(4-2)17(18)19-13-16-11-8-12-21(16)14-15-9-6-5-7-10-15;/h5-7,9-10,16H,3-4,8,11-14H2,1-2H3,(H2,18,19);1H. The van der Waals surface area contributed by atoms with E-state index in [1.165, 1.54) is 24.9 Å². The third kappa shape index (κ3) is 5.43. The van der Waals surface area contributed by atoms with Gasteiger partial charge >= 0.3 is 0 Å². The summed E-state index contributed by atoms with van der Waals surface area (Å²) in [4.78, 5) is 9.26. The van der Waals surface area contributed by atoms with Crippen molar-refractivity contribution in [2.45, 2.75) is 39.3 Å². The largest absolute Gasteiger partial charge is 0.370 e. The summed E-state index contributed by atoms with van der Waals surface area (Å²) in [6.45, 7) is 9.07. The Hall–Kier alpha value is -0.820. The van der Waals surface area contributed by atoms with Crippen LogP contribution < -0.4 is 5.73 Å². The van der Waals surface area contributed by atoms with Crippen LogP contribution in [-0.2, 0) is 6.54 Å². The zero-order chi connectivity index (χ0) is 15.1. The first-order chi connectivity index (χ1) is 10.2. The molecule has 1 aliphatic heterocycles. The number of hydrogen-bond acceptors (Lipinski definition) is 2. The van der Waals surface area contributed by atoms with E-state index >= 15 is 0 Å².